The highest BCUT2D eigenvalue weighted by Gasteiger charge is 2.11. The zero-order valence-electron chi connectivity index (χ0n) is 9.65. The first-order chi connectivity index (χ1) is 9.11. The number of hydrogen-bond donors (Lipinski definition) is 3. The van der Waals surface area contributed by atoms with E-state index in [2.05, 4.69) is 15.7 Å². The highest BCUT2D eigenvalue weighted by Crippen LogP contribution is 2.21. The molecule has 0 aliphatic carbocycles. The fourth-order valence-electron chi connectivity index (χ4n) is 1.48. The van der Waals surface area contributed by atoms with E-state index in [9.17, 15) is 9.18 Å². The van der Waals surface area contributed by atoms with E-state index in [0.717, 1.165) is 0 Å². The third-order valence-corrected chi connectivity index (χ3v) is 2.69. The summed E-state index contributed by atoms with van der Waals surface area (Å²) in [6.07, 6.45) is 2.89. The normalized spacial score (nSPS) is 10.1. The molecule has 0 spiro atoms. The second kappa shape index (κ2) is 5.64. The van der Waals surface area contributed by atoms with Gasteiger partial charge in [0.15, 0.2) is 0 Å². The number of hydrazine groups is 1. The number of aromatic nitrogens is 1. The number of pyridine rings is 1. The van der Waals surface area contributed by atoms with Gasteiger partial charge >= 0.3 is 0 Å². The van der Waals surface area contributed by atoms with Gasteiger partial charge in [-0.1, -0.05) is 11.6 Å². The number of amides is 1. The van der Waals surface area contributed by atoms with Crippen molar-refractivity contribution in [3.8, 4) is 0 Å². The molecule has 2 rings (SSSR count). The molecule has 1 amide bonds. The van der Waals surface area contributed by atoms with Gasteiger partial charge in [-0.15, -0.1) is 0 Å². The van der Waals surface area contributed by atoms with Gasteiger partial charge in [0.05, 0.1) is 22.5 Å². The third kappa shape index (κ3) is 2.98. The molecule has 1 aromatic carbocycles. The van der Waals surface area contributed by atoms with Gasteiger partial charge in [-0.2, -0.15) is 0 Å². The maximum atomic E-state index is 13.0. The highest BCUT2D eigenvalue weighted by atomic mass is 35.5. The van der Waals surface area contributed by atoms with Crippen LogP contribution < -0.4 is 16.6 Å². The lowest BCUT2D eigenvalue weighted by Crippen LogP contribution is -2.17. The van der Waals surface area contributed by atoms with Gasteiger partial charge in [-0.05, 0) is 24.3 Å². The average Bonchev–Trinajstić information content (AvgIpc) is 2.43. The number of rotatable bonds is 3. The number of nitrogen functional groups attached to an aromatic ring is 1. The molecule has 7 heteroatoms. The van der Waals surface area contributed by atoms with Crippen molar-refractivity contribution in [2.45, 2.75) is 0 Å². The smallest absolute Gasteiger partial charge is 0.257 e. The zero-order valence-corrected chi connectivity index (χ0v) is 10.4. The first-order valence-corrected chi connectivity index (χ1v) is 5.66. The van der Waals surface area contributed by atoms with Crippen molar-refractivity contribution in [3.05, 3.63) is 53.1 Å². The van der Waals surface area contributed by atoms with Crippen LogP contribution in [0.3, 0.4) is 0 Å². The number of benzene rings is 1. The Bertz CT molecular complexity index is 620. The number of hydrogen-bond acceptors (Lipinski definition) is 4. The standard InChI is InChI=1S/C12H10ClFN4O/c13-9-5-7(1-2-10(9)14)17-12(19)8-3-4-16-6-11(8)18-15/h1-6,18H,15H2,(H,17,19). The number of nitrogens with zero attached hydrogens (tertiary/aromatic N) is 1. The maximum Gasteiger partial charge on any atom is 0.257 e. The van der Waals surface area contributed by atoms with E-state index >= 15 is 0 Å². The van der Waals surface area contributed by atoms with Crippen LogP contribution in [0.25, 0.3) is 0 Å². The van der Waals surface area contributed by atoms with E-state index in [4.69, 9.17) is 17.4 Å². The molecule has 98 valence electrons. The lowest BCUT2D eigenvalue weighted by Gasteiger charge is -2.09. The Morgan fingerprint density at radius 3 is 2.84 bits per heavy atom. The Hall–Kier alpha value is -2.18. The molecule has 1 aromatic heterocycles. The van der Waals surface area contributed by atoms with Crippen LogP contribution in [0.15, 0.2) is 36.7 Å². The molecule has 0 unspecified atom stereocenters. The second-order valence-corrected chi connectivity index (χ2v) is 4.06. The van der Waals surface area contributed by atoms with Gasteiger partial charge in [0, 0.05) is 11.9 Å². The maximum absolute atomic E-state index is 13.0. The Kier molecular flexibility index (Phi) is 3.94. The summed E-state index contributed by atoms with van der Waals surface area (Å²) in [6, 6.07) is 5.42. The molecule has 0 radical (unpaired) electrons. The summed E-state index contributed by atoms with van der Waals surface area (Å²) in [5.41, 5.74) is 3.46. The van der Waals surface area contributed by atoms with Crippen LogP contribution in [0.2, 0.25) is 5.02 Å². The fourth-order valence-corrected chi connectivity index (χ4v) is 1.66. The van der Waals surface area contributed by atoms with Crippen LogP contribution in [-0.4, -0.2) is 10.9 Å². The van der Waals surface area contributed by atoms with E-state index < -0.39 is 11.7 Å². The molecule has 0 atom stereocenters. The Morgan fingerprint density at radius 1 is 1.37 bits per heavy atom. The topological polar surface area (TPSA) is 80.0 Å². The van der Waals surface area contributed by atoms with E-state index in [1.807, 2.05) is 0 Å². The van der Waals surface area contributed by atoms with Crippen molar-refractivity contribution in [1.29, 1.82) is 0 Å². The minimum Gasteiger partial charge on any atom is -0.322 e. The van der Waals surface area contributed by atoms with Crippen LogP contribution in [0, 0.1) is 5.82 Å². The Morgan fingerprint density at radius 2 is 2.16 bits per heavy atom. The summed E-state index contributed by atoms with van der Waals surface area (Å²) < 4.78 is 13.0. The molecule has 0 saturated heterocycles. The van der Waals surface area contributed by atoms with Gasteiger partial charge < -0.3 is 10.7 Å². The number of anilines is 2. The quantitative estimate of drug-likeness (QED) is 0.596. The first kappa shape index (κ1) is 13.3. The van der Waals surface area contributed by atoms with E-state index in [1.54, 1.807) is 0 Å². The van der Waals surface area contributed by atoms with E-state index in [-0.39, 0.29) is 5.02 Å². The number of nitrogens with two attached hydrogens (primary N) is 1. The van der Waals surface area contributed by atoms with Gasteiger partial charge in [-0.3, -0.25) is 15.6 Å². The highest BCUT2D eigenvalue weighted by molar-refractivity contribution is 6.31. The predicted octanol–water partition coefficient (Wildman–Crippen LogP) is 2.41. The summed E-state index contributed by atoms with van der Waals surface area (Å²) in [5, 5.41) is 2.52. The van der Waals surface area contributed by atoms with Crippen LogP contribution >= 0.6 is 11.6 Å². The van der Waals surface area contributed by atoms with Crippen molar-refractivity contribution in [2.75, 3.05) is 10.7 Å². The van der Waals surface area contributed by atoms with Gasteiger partial charge in [0.1, 0.15) is 5.82 Å². The average molecular weight is 281 g/mol. The van der Waals surface area contributed by atoms with Crippen LogP contribution in [0.5, 0.6) is 0 Å². The lowest BCUT2D eigenvalue weighted by atomic mass is 10.2. The van der Waals surface area contributed by atoms with Gasteiger partial charge in [0.2, 0.25) is 0 Å². The van der Waals surface area contributed by atoms with Crippen molar-refractivity contribution in [2.24, 2.45) is 5.84 Å². The fraction of sp³-hybridized carbons (Fsp3) is 0. The molecule has 4 N–H and O–H groups in total. The number of halogens is 2. The largest absolute Gasteiger partial charge is 0.322 e. The predicted molar refractivity (Wildman–Crippen MR) is 71.4 cm³/mol. The molecule has 19 heavy (non-hydrogen) atoms. The second-order valence-electron chi connectivity index (χ2n) is 3.65. The van der Waals surface area contributed by atoms with Gasteiger partial charge in [-0.25, -0.2) is 4.39 Å². The molecule has 0 bridgehead atoms. The molecule has 0 fully saturated rings. The van der Waals surface area contributed by atoms with Gasteiger partial charge in [0.25, 0.3) is 5.91 Å². The van der Waals surface area contributed by atoms with Crippen molar-refractivity contribution < 1.29 is 9.18 Å². The minimum absolute atomic E-state index is 0.0651. The number of nitrogens with one attached hydrogen (secondary N) is 2. The Balaban J connectivity index is 2.23. The third-order valence-electron chi connectivity index (χ3n) is 2.40. The molecule has 0 aliphatic heterocycles. The molecule has 1 heterocycles. The summed E-state index contributed by atoms with van der Waals surface area (Å²) >= 11 is 5.63. The van der Waals surface area contributed by atoms with E-state index in [1.165, 1.54) is 36.7 Å². The van der Waals surface area contributed by atoms with Crippen molar-refractivity contribution in [3.63, 3.8) is 0 Å². The number of carbonyl (C=O) groups excluding carboxylic acids is 1. The van der Waals surface area contributed by atoms with Crippen molar-refractivity contribution in [1.82, 2.24) is 4.98 Å². The Labute approximate surface area is 113 Å². The summed E-state index contributed by atoms with van der Waals surface area (Å²) in [5.74, 6) is 4.33. The van der Waals surface area contributed by atoms with E-state index in [0.29, 0.717) is 16.9 Å². The molecule has 0 saturated carbocycles. The first-order valence-electron chi connectivity index (χ1n) is 5.29. The van der Waals surface area contributed by atoms with Crippen molar-refractivity contribution >= 4 is 28.9 Å². The minimum atomic E-state index is -0.548. The number of carbonyl (C=O) groups is 1. The summed E-state index contributed by atoms with van der Waals surface area (Å²) in [4.78, 5) is 15.9. The lowest BCUT2D eigenvalue weighted by molar-refractivity contribution is 0.102. The monoisotopic (exact) mass is 280 g/mol. The van der Waals surface area contributed by atoms with Crippen LogP contribution in [0.1, 0.15) is 10.4 Å². The summed E-state index contributed by atoms with van der Waals surface area (Å²) in [6.45, 7) is 0. The molecule has 0 aliphatic rings. The molecular weight excluding hydrogens is 271 g/mol. The van der Waals surface area contributed by atoms with Crippen LogP contribution in [0.4, 0.5) is 15.8 Å². The molecule has 2 aromatic rings. The summed E-state index contributed by atoms with van der Waals surface area (Å²) in [7, 11) is 0. The van der Waals surface area contributed by atoms with Crippen LogP contribution in [-0.2, 0) is 0 Å². The molecular formula is C12H10ClFN4O. The molecule has 5 nitrogen and oxygen atoms in total. The SMILES string of the molecule is NNc1cnccc1C(=O)Nc1ccc(F)c(Cl)c1. The zero-order chi connectivity index (χ0) is 13.8.